The summed E-state index contributed by atoms with van der Waals surface area (Å²) in [6.45, 7) is 5.18. The predicted molar refractivity (Wildman–Crippen MR) is 94.8 cm³/mol. The zero-order valence-corrected chi connectivity index (χ0v) is 14.7. The molecule has 3 N–H and O–H groups in total. The number of ether oxygens (including phenoxy) is 3. The van der Waals surface area contributed by atoms with Gasteiger partial charge < -0.3 is 24.2 Å². The summed E-state index contributed by atoms with van der Waals surface area (Å²) < 4.78 is 16.3. The van der Waals surface area contributed by atoms with Gasteiger partial charge in [0.15, 0.2) is 11.5 Å². The highest BCUT2D eigenvalue weighted by molar-refractivity contribution is 5.46. The molecular weight excluding hydrogens is 334 g/mol. The van der Waals surface area contributed by atoms with E-state index in [1.54, 1.807) is 6.07 Å². The van der Waals surface area contributed by atoms with Crippen LogP contribution in [0.3, 0.4) is 0 Å². The number of aromatic nitrogens is 1. The van der Waals surface area contributed by atoms with Crippen LogP contribution in [0.1, 0.15) is 0 Å². The number of hydrogen-bond acceptors (Lipinski definition) is 5. The minimum atomic E-state index is -0.495. The molecule has 0 saturated carbocycles. The molecule has 3 heterocycles. The van der Waals surface area contributed by atoms with Crippen LogP contribution in [0.15, 0.2) is 42.6 Å². The number of aliphatic hydroxyl groups excluding tert-OH is 1. The van der Waals surface area contributed by atoms with E-state index in [1.807, 2.05) is 30.5 Å². The van der Waals surface area contributed by atoms with Crippen LogP contribution in [-0.4, -0.2) is 57.3 Å². The third kappa shape index (κ3) is 4.00. The Kier molecular flexibility index (Phi) is 5.08. The number of pyridine rings is 1. The third-order valence-corrected chi connectivity index (χ3v) is 4.81. The quantitative estimate of drug-likeness (QED) is 0.719. The molecule has 7 heteroatoms. The molecule has 0 spiro atoms. The van der Waals surface area contributed by atoms with Gasteiger partial charge in [0, 0.05) is 12.1 Å². The van der Waals surface area contributed by atoms with E-state index in [1.165, 1.54) is 4.90 Å². The van der Waals surface area contributed by atoms with Crippen molar-refractivity contribution < 1.29 is 29.2 Å². The molecule has 2 aliphatic rings. The first-order valence-electron chi connectivity index (χ1n) is 9.04. The van der Waals surface area contributed by atoms with Crippen LogP contribution >= 0.6 is 0 Å². The summed E-state index contributed by atoms with van der Waals surface area (Å²) in [5.41, 5.74) is 0. The minimum Gasteiger partial charge on any atom is -0.491 e. The Hall–Kier alpha value is -2.51. The summed E-state index contributed by atoms with van der Waals surface area (Å²) in [4.78, 5) is 7.03. The Morgan fingerprint density at radius 2 is 2.00 bits per heavy atom. The van der Waals surface area contributed by atoms with Crippen molar-refractivity contribution in [3.05, 3.63) is 42.6 Å². The number of aliphatic hydroxyl groups is 1. The minimum absolute atomic E-state index is 0.248. The second-order valence-corrected chi connectivity index (χ2v) is 6.67. The lowest BCUT2D eigenvalue weighted by Gasteiger charge is -2.29. The highest BCUT2D eigenvalue weighted by Crippen LogP contribution is 2.35. The molecule has 26 heavy (non-hydrogen) atoms. The van der Waals surface area contributed by atoms with Crippen molar-refractivity contribution in [2.75, 3.05) is 51.0 Å². The molecule has 4 rings (SSSR count). The van der Waals surface area contributed by atoms with Gasteiger partial charge in [-0.25, -0.2) is 4.98 Å². The first-order valence-corrected chi connectivity index (χ1v) is 9.04. The van der Waals surface area contributed by atoms with Gasteiger partial charge in [-0.2, -0.15) is 0 Å². The average molecular weight is 359 g/mol. The lowest BCUT2D eigenvalue weighted by molar-refractivity contribution is -0.903. The van der Waals surface area contributed by atoms with Gasteiger partial charge in [0.05, 0.1) is 6.20 Å². The maximum atomic E-state index is 10.3. The Bertz CT molecular complexity index is 720. The SMILES string of the molecule is O[C@@H](COc1ccc2c(c1)OCO2)C[NH+]1CCN(c2cccc[nH+]2)CC1. The van der Waals surface area contributed by atoms with E-state index in [2.05, 4.69) is 16.0 Å². The van der Waals surface area contributed by atoms with E-state index >= 15 is 0 Å². The van der Waals surface area contributed by atoms with Crippen LogP contribution < -0.4 is 29.0 Å². The number of benzene rings is 1. The standard InChI is InChI=1S/C19H23N3O4/c23-15(13-24-16-4-5-17-18(11-16)26-14-25-17)12-21-7-9-22(10-8-21)19-3-1-2-6-20-19/h1-6,11,15,23H,7-10,12-14H2/p+2/t15-/m1/s1. The predicted octanol–water partition coefficient (Wildman–Crippen LogP) is -0.626. The highest BCUT2D eigenvalue weighted by Gasteiger charge is 2.27. The largest absolute Gasteiger partial charge is 0.491 e. The van der Waals surface area contributed by atoms with Crippen molar-refractivity contribution >= 4 is 5.82 Å². The third-order valence-electron chi connectivity index (χ3n) is 4.81. The lowest BCUT2D eigenvalue weighted by atomic mass is 10.2. The van der Waals surface area contributed by atoms with Gasteiger partial charge in [0.1, 0.15) is 51.2 Å². The van der Waals surface area contributed by atoms with Gasteiger partial charge in [0.25, 0.3) is 5.82 Å². The molecule has 1 aromatic heterocycles. The summed E-state index contributed by atoms with van der Waals surface area (Å²) in [6, 6.07) is 11.6. The van der Waals surface area contributed by atoms with Gasteiger partial charge in [0.2, 0.25) is 6.79 Å². The molecule has 1 aromatic carbocycles. The summed E-state index contributed by atoms with van der Waals surface area (Å²) in [6.07, 6.45) is 1.46. The molecular formula is C19H25N3O4+2. The number of aromatic amines is 1. The molecule has 0 bridgehead atoms. The average Bonchev–Trinajstić information content (AvgIpc) is 3.15. The zero-order valence-electron chi connectivity index (χ0n) is 14.7. The molecule has 7 nitrogen and oxygen atoms in total. The second kappa shape index (κ2) is 7.80. The normalized spacial score (nSPS) is 18.0. The van der Waals surface area contributed by atoms with Crippen LogP contribution in [0.2, 0.25) is 0 Å². The van der Waals surface area contributed by atoms with Gasteiger partial charge in [-0.15, -0.1) is 0 Å². The van der Waals surface area contributed by atoms with E-state index in [4.69, 9.17) is 14.2 Å². The Balaban J connectivity index is 1.21. The van der Waals surface area contributed by atoms with Gasteiger partial charge >= 0.3 is 0 Å². The Labute approximate surface area is 152 Å². The van der Waals surface area contributed by atoms with E-state index in [0.717, 1.165) is 37.7 Å². The van der Waals surface area contributed by atoms with E-state index in [0.29, 0.717) is 18.0 Å². The first-order chi connectivity index (χ1) is 12.8. The molecule has 1 saturated heterocycles. The number of nitrogens with zero attached hydrogens (tertiary/aromatic N) is 1. The monoisotopic (exact) mass is 359 g/mol. The molecule has 2 aromatic rings. The number of piperazine rings is 1. The van der Waals surface area contributed by atoms with Gasteiger partial charge in [-0.1, -0.05) is 6.07 Å². The molecule has 0 amide bonds. The maximum Gasteiger partial charge on any atom is 0.274 e. The molecule has 138 valence electrons. The Morgan fingerprint density at radius 1 is 1.15 bits per heavy atom. The van der Waals surface area contributed by atoms with Crippen LogP contribution in [0, 0.1) is 0 Å². The molecule has 0 aliphatic carbocycles. The van der Waals surface area contributed by atoms with Gasteiger partial charge in [-0.05, 0) is 18.2 Å². The molecule has 2 aliphatic heterocycles. The van der Waals surface area contributed by atoms with Crippen LogP contribution in [0.5, 0.6) is 17.2 Å². The van der Waals surface area contributed by atoms with E-state index < -0.39 is 6.10 Å². The number of fused-ring (bicyclic) bond motifs is 1. The summed E-state index contributed by atoms with van der Waals surface area (Å²) in [7, 11) is 0. The number of hydrogen-bond donors (Lipinski definition) is 2. The maximum absolute atomic E-state index is 10.3. The van der Waals surface area contributed by atoms with Crippen LogP contribution in [0.25, 0.3) is 0 Å². The van der Waals surface area contributed by atoms with Crippen LogP contribution in [-0.2, 0) is 0 Å². The van der Waals surface area contributed by atoms with E-state index in [9.17, 15) is 5.11 Å². The smallest absolute Gasteiger partial charge is 0.274 e. The number of quaternary nitrogens is 1. The number of rotatable bonds is 6. The fourth-order valence-corrected chi connectivity index (χ4v) is 3.40. The van der Waals surface area contributed by atoms with Crippen molar-refractivity contribution in [3.63, 3.8) is 0 Å². The summed E-state index contributed by atoms with van der Waals surface area (Å²) in [5, 5.41) is 10.3. The van der Waals surface area contributed by atoms with Crippen molar-refractivity contribution in [3.8, 4) is 17.2 Å². The molecule has 0 unspecified atom stereocenters. The Morgan fingerprint density at radius 3 is 2.81 bits per heavy atom. The highest BCUT2D eigenvalue weighted by atomic mass is 16.7. The van der Waals surface area contributed by atoms with E-state index in [-0.39, 0.29) is 13.4 Å². The number of anilines is 1. The molecule has 1 fully saturated rings. The topological polar surface area (TPSA) is 69.7 Å². The fraction of sp³-hybridized carbons (Fsp3) is 0.421. The molecule has 0 radical (unpaired) electrons. The van der Waals surface area contributed by atoms with Crippen molar-refractivity contribution in [1.82, 2.24) is 0 Å². The summed E-state index contributed by atoms with van der Waals surface area (Å²) in [5.74, 6) is 3.26. The first kappa shape index (κ1) is 16.9. The summed E-state index contributed by atoms with van der Waals surface area (Å²) >= 11 is 0. The lowest BCUT2D eigenvalue weighted by Crippen LogP contribution is -3.16. The molecule has 1 atom stereocenters. The number of H-pyrrole nitrogens is 1. The van der Waals surface area contributed by atoms with Gasteiger partial charge in [-0.3, -0.25) is 4.90 Å². The zero-order chi connectivity index (χ0) is 17.8. The van der Waals surface area contributed by atoms with Crippen molar-refractivity contribution in [1.29, 1.82) is 0 Å². The van der Waals surface area contributed by atoms with Crippen LogP contribution in [0.4, 0.5) is 5.82 Å². The van der Waals surface area contributed by atoms with Crippen molar-refractivity contribution in [2.45, 2.75) is 6.10 Å². The number of nitrogens with one attached hydrogen (secondary N) is 2. The van der Waals surface area contributed by atoms with Crippen molar-refractivity contribution in [2.24, 2.45) is 0 Å². The second-order valence-electron chi connectivity index (χ2n) is 6.67. The fourth-order valence-electron chi connectivity index (χ4n) is 3.40.